The lowest BCUT2D eigenvalue weighted by Gasteiger charge is -2.24. The topological polar surface area (TPSA) is 50.5 Å². The van der Waals surface area contributed by atoms with Crippen molar-refractivity contribution in [2.24, 2.45) is 0 Å². The lowest BCUT2D eigenvalue weighted by molar-refractivity contribution is 0.0748. The summed E-state index contributed by atoms with van der Waals surface area (Å²) in [5, 5.41) is 0.494. The third kappa shape index (κ3) is 2.69. The molecular weight excluding hydrogens is 338 g/mol. The van der Waals surface area contributed by atoms with E-state index < -0.39 is 6.04 Å². The average molecular weight is 359 g/mol. The summed E-state index contributed by atoms with van der Waals surface area (Å²) in [5.41, 5.74) is 2.81. The van der Waals surface area contributed by atoms with E-state index >= 15 is 0 Å². The Morgan fingerprint density at radius 3 is 2.48 bits per heavy atom. The van der Waals surface area contributed by atoms with Gasteiger partial charge in [-0.15, -0.1) is 6.58 Å². The Bertz CT molecular complexity index is 1090. The molecule has 3 aromatic rings. The van der Waals surface area contributed by atoms with E-state index in [-0.39, 0.29) is 17.1 Å². The van der Waals surface area contributed by atoms with Gasteiger partial charge in [0.25, 0.3) is 5.91 Å². The van der Waals surface area contributed by atoms with Crippen LogP contribution in [0.2, 0.25) is 0 Å². The number of para-hydroxylation sites is 1. The first kappa shape index (κ1) is 17.3. The molecular formula is C23H21NO3. The smallest absolute Gasteiger partial charge is 0.291 e. The van der Waals surface area contributed by atoms with E-state index in [2.05, 4.69) is 32.6 Å². The number of amides is 1. The molecule has 1 aliphatic heterocycles. The maximum absolute atomic E-state index is 13.2. The van der Waals surface area contributed by atoms with Crippen LogP contribution in [0.15, 0.2) is 70.4 Å². The standard InChI is InChI=1S/C23H21NO3/c1-4-13-24-20(16-11-9-15(10-12-16)14(2)3)19-21(25)17-7-5-6-8-18(17)27-22(19)23(24)26/h4-12,14,20H,1,13H2,2-3H3/t20-/m1/s1. The predicted octanol–water partition coefficient (Wildman–Crippen LogP) is 4.65. The van der Waals surface area contributed by atoms with Crippen LogP contribution < -0.4 is 5.43 Å². The highest BCUT2D eigenvalue weighted by Gasteiger charge is 2.42. The zero-order valence-corrected chi connectivity index (χ0v) is 15.4. The predicted molar refractivity (Wildman–Crippen MR) is 106 cm³/mol. The van der Waals surface area contributed by atoms with Crippen molar-refractivity contribution in [3.63, 3.8) is 0 Å². The average Bonchev–Trinajstić information content (AvgIpc) is 2.95. The molecule has 0 aliphatic carbocycles. The second-order valence-electron chi connectivity index (χ2n) is 7.14. The highest BCUT2D eigenvalue weighted by Crippen LogP contribution is 2.38. The molecule has 0 unspecified atom stereocenters. The molecule has 0 N–H and O–H groups in total. The summed E-state index contributed by atoms with van der Waals surface area (Å²) in [6.45, 7) is 8.37. The van der Waals surface area contributed by atoms with Crippen molar-refractivity contribution in [1.29, 1.82) is 0 Å². The van der Waals surface area contributed by atoms with Gasteiger partial charge in [0, 0.05) is 6.54 Å². The van der Waals surface area contributed by atoms with Gasteiger partial charge in [-0.3, -0.25) is 9.59 Å². The van der Waals surface area contributed by atoms with Crippen molar-refractivity contribution in [2.75, 3.05) is 6.54 Å². The first-order chi connectivity index (χ1) is 13.0. The zero-order chi connectivity index (χ0) is 19.1. The Labute approximate surface area is 157 Å². The first-order valence-corrected chi connectivity index (χ1v) is 9.10. The number of benzene rings is 2. The minimum Gasteiger partial charge on any atom is -0.450 e. The van der Waals surface area contributed by atoms with Crippen molar-refractivity contribution in [1.82, 2.24) is 4.90 Å². The van der Waals surface area contributed by atoms with Gasteiger partial charge in [0.15, 0.2) is 5.43 Å². The van der Waals surface area contributed by atoms with E-state index in [1.807, 2.05) is 12.1 Å². The lowest BCUT2D eigenvalue weighted by atomic mass is 9.95. The molecule has 2 aromatic carbocycles. The fourth-order valence-electron chi connectivity index (χ4n) is 3.70. The lowest BCUT2D eigenvalue weighted by Crippen LogP contribution is -2.29. The molecule has 1 aromatic heterocycles. The molecule has 1 atom stereocenters. The quantitative estimate of drug-likeness (QED) is 0.637. The third-order valence-electron chi connectivity index (χ3n) is 5.12. The zero-order valence-electron chi connectivity index (χ0n) is 15.4. The maximum atomic E-state index is 13.2. The molecule has 4 nitrogen and oxygen atoms in total. The summed E-state index contributed by atoms with van der Waals surface area (Å²) in [4.78, 5) is 27.8. The summed E-state index contributed by atoms with van der Waals surface area (Å²) in [7, 11) is 0. The molecule has 1 aliphatic rings. The van der Waals surface area contributed by atoms with Gasteiger partial charge in [-0.2, -0.15) is 0 Å². The van der Waals surface area contributed by atoms with Crippen LogP contribution in [0.3, 0.4) is 0 Å². The fraction of sp³-hybridized carbons (Fsp3) is 0.217. The summed E-state index contributed by atoms with van der Waals surface area (Å²) in [6.07, 6.45) is 1.67. The van der Waals surface area contributed by atoms with Crippen LogP contribution in [0.4, 0.5) is 0 Å². The van der Waals surface area contributed by atoms with Crippen molar-refractivity contribution in [3.05, 3.63) is 93.9 Å². The van der Waals surface area contributed by atoms with E-state index in [0.29, 0.717) is 29.0 Å². The molecule has 136 valence electrons. The highest BCUT2D eigenvalue weighted by molar-refractivity contribution is 5.99. The Hall–Kier alpha value is -3.14. The molecule has 0 bridgehead atoms. The molecule has 4 heteroatoms. The number of carbonyl (C=O) groups excluding carboxylic acids is 1. The summed E-state index contributed by atoms with van der Waals surface area (Å²) >= 11 is 0. The van der Waals surface area contributed by atoms with Crippen molar-refractivity contribution < 1.29 is 9.21 Å². The van der Waals surface area contributed by atoms with Gasteiger partial charge in [0.1, 0.15) is 5.58 Å². The van der Waals surface area contributed by atoms with Crippen LogP contribution in [0.5, 0.6) is 0 Å². The van der Waals surface area contributed by atoms with Crippen LogP contribution in [-0.4, -0.2) is 17.4 Å². The second-order valence-corrected chi connectivity index (χ2v) is 7.14. The Morgan fingerprint density at radius 1 is 1.11 bits per heavy atom. The fourth-order valence-corrected chi connectivity index (χ4v) is 3.70. The normalized spacial score (nSPS) is 16.2. The van der Waals surface area contributed by atoms with Crippen LogP contribution >= 0.6 is 0 Å². The molecule has 0 saturated heterocycles. The van der Waals surface area contributed by atoms with Gasteiger partial charge in [0.2, 0.25) is 5.76 Å². The summed E-state index contributed by atoms with van der Waals surface area (Å²) in [5.74, 6) is 0.277. The van der Waals surface area contributed by atoms with Crippen LogP contribution in [0.25, 0.3) is 11.0 Å². The Balaban J connectivity index is 1.95. The van der Waals surface area contributed by atoms with Crippen molar-refractivity contribution in [3.8, 4) is 0 Å². The first-order valence-electron chi connectivity index (χ1n) is 9.10. The number of fused-ring (bicyclic) bond motifs is 2. The third-order valence-corrected chi connectivity index (χ3v) is 5.12. The van der Waals surface area contributed by atoms with Gasteiger partial charge in [-0.05, 0) is 29.2 Å². The Kier molecular flexibility index (Phi) is 4.19. The Morgan fingerprint density at radius 2 is 1.81 bits per heavy atom. The van der Waals surface area contributed by atoms with Crippen LogP contribution in [0, 0.1) is 0 Å². The van der Waals surface area contributed by atoms with Crippen LogP contribution in [0.1, 0.15) is 53.1 Å². The number of nitrogens with zero attached hydrogens (tertiary/aromatic N) is 1. The molecule has 1 amide bonds. The summed E-state index contributed by atoms with van der Waals surface area (Å²) < 4.78 is 5.86. The van der Waals surface area contributed by atoms with E-state index in [9.17, 15) is 9.59 Å². The van der Waals surface area contributed by atoms with Gasteiger partial charge in [-0.1, -0.05) is 56.3 Å². The van der Waals surface area contributed by atoms with Gasteiger partial charge in [0.05, 0.1) is 17.0 Å². The molecule has 0 fully saturated rings. The van der Waals surface area contributed by atoms with E-state index in [1.54, 1.807) is 35.2 Å². The van der Waals surface area contributed by atoms with Crippen molar-refractivity contribution in [2.45, 2.75) is 25.8 Å². The molecule has 0 spiro atoms. The minimum atomic E-state index is -0.465. The molecule has 27 heavy (non-hydrogen) atoms. The van der Waals surface area contributed by atoms with E-state index in [4.69, 9.17) is 4.42 Å². The van der Waals surface area contributed by atoms with Gasteiger partial charge < -0.3 is 9.32 Å². The maximum Gasteiger partial charge on any atom is 0.291 e. The van der Waals surface area contributed by atoms with E-state index in [0.717, 1.165) is 5.56 Å². The number of hydrogen-bond donors (Lipinski definition) is 0. The van der Waals surface area contributed by atoms with Crippen LogP contribution in [-0.2, 0) is 0 Å². The van der Waals surface area contributed by atoms with Gasteiger partial charge >= 0.3 is 0 Å². The molecule has 0 radical (unpaired) electrons. The van der Waals surface area contributed by atoms with Crippen molar-refractivity contribution >= 4 is 16.9 Å². The molecule has 2 heterocycles. The SMILES string of the molecule is C=CCN1C(=O)c2oc3ccccc3c(=O)c2[C@H]1c1ccc(C(C)C)cc1. The molecule has 0 saturated carbocycles. The monoisotopic (exact) mass is 359 g/mol. The number of rotatable bonds is 4. The minimum absolute atomic E-state index is 0.137. The molecule has 4 rings (SSSR count). The number of hydrogen-bond acceptors (Lipinski definition) is 3. The number of carbonyl (C=O) groups is 1. The van der Waals surface area contributed by atoms with E-state index in [1.165, 1.54) is 5.56 Å². The second kappa shape index (κ2) is 6.54. The summed E-state index contributed by atoms with van der Waals surface area (Å²) in [6, 6.07) is 14.7. The van der Waals surface area contributed by atoms with Gasteiger partial charge in [-0.25, -0.2) is 0 Å². The largest absolute Gasteiger partial charge is 0.450 e. The highest BCUT2D eigenvalue weighted by atomic mass is 16.3.